The van der Waals surface area contributed by atoms with Crippen LogP contribution in [0, 0.1) is 0 Å². The first kappa shape index (κ1) is 21.2. The number of carbonyl (C=O) groups is 1. The lowest BCUT2D eigenvalue weighted by molar-refractivity contribution is -0.127. The molecule has 1 saturated heterocycles. The van der Waals surface area contributed by atoms with Gasteiger partial charge in [0.05, 0.1) is 25.8 Å². The number of rotatable bonds is 10. The van der Waals surface area contributed by atoms with E-state index in [-0.39, 0.29) is 18.6 Å². The van der Waals surface area contributed by atoms with Crippen LogP contribution in [0.5, 0.6) is 0 Å². The highest BCUT2D eigenvalue weighted by atomic mass is 16.5. The van der Waals surface area contributed by atoms with E-state index in [1.807, 2.05) is 30.3 Å². The van der Waals surface area contributed by atoms with Crippen molar-refractivity contribution in [3.8, 4) is 0 Å². The molecule has 1 atom stereocenters. The summed E-state index contributed by atoms with van der Waals surface area (Å²) < 4.78 is 11.2. The number of aliphatic imine (C=N–C) groups is 1. The fraction of sp³-hybridized carbons (Fsp3) is 0.600. The first-order chi connectivity index (χ1) is 13.1. The van der Waals surface area contributed by atoms with E-state index in [0.717, 1.165) is 38.0 Å². The number of nitrogens with zero attached hydrogens (tertiary/aromatic N) is 2. The zero-order valence-corrected chi connectivity index (χ0v) is 16.4. The Bertz CT molecular complexity index is 572. The van der Waals surface area contributed by atoms with Gasteiger partial charge in [-0.2, -0.15) is 0 Å². The molecule has 0 radical (unpaired) electrons. The number of guanidine groups is 1. The third kappa shape index (κ3) is 8.88. The van der Waals surface area contributed by atoms with Crippen LogP contribution >= 0.6 is 0 Å². The van der Waals surface area contributed by atoms with Gasteiger partial charge in [0, 0.05) is 33.9 Å². The second kappa shape index (κ2) is 12.3. The quantitative estimate of drug-likeness (QED) is 0.367. The SMILES string of the molecule is CN(C)C(=O)CNC(=NCc1ccccc1)NCCCOCC1CCCO1. The van der Waals surface area contributed by atoms with Crippen LogP contribution in [0.2, 0.25) is 0 Å². The summed E-state index contributed by atoms with van der Waals surface area (Å²) in [6.45, 7) is 3.70. The number of amides is 1. The summed E-state index contributed by atoms with van der Waals surface area (Å²) in [7, 11) is 3.48. The van der Waals surface area contributed by atoms with Gasteiger partial charge in [-0.25, -0.2) is 4.99 Å². The first-order valence-corrected chi connectivity index (χ1v) is 9.61. The monoisotopic (exact) mass is 376 g/mol. The van der Waals surface area contributed by atoms with Gasteiger partial charge in [-0.05, 0) is 24.8 Å². The topological polar surface area (TPSA) is 75.2 Å². The minimum absolute atomic E-state index is 0.00380. The molecule has 1 unspecified atom stereocenters. The normalized spacial score (nSPS) is 17.0. The van der Waals surface area contributed by atoms with Gasteiger partial charge >= 0.3 is 0 Å². The van der Waals surface area contributed by atoms with Gasteiger partial charge in [-0.3, -0.25) is 4.79 Å². The molecule has 0 aromatic heterocycles. The van der Waals surface area contributed by atoms with E-state index in [4.69, 9.17) is 9.47 Å². The summed E-state index contributed by atoms with van der Waals surface area (Å²) in [6, 6.07) is 10.0. The second-order valence-corrected chi connectivity index (χ2v) is 6.78. The highest BCUT2D eigenvalue weighted by Gasteiger charge is 2.14. The molecule has 1 heterocycles. The number of ether oxygens (including phenoxy) is 2. The third-order valence-electron chi connectivity index (χ3n) is 4.25. The fourth-order valence-corrected chi connectivity index (χ4v) is 2.62. The van der Waals surface area contributed by atoms with Gasteiger partial charge in [0.15, 0.2) is 5.96 Å². The Labute approximate surface area is 162 Å². The Balaban J connectivity index is 1.71. The number of hydrogen-bond donors (Lipinski definition) is 2. The smallest absolute Gasteiger partial charge is 0.241 e. The molecule has 2 N–H and O–H groups in total. The summed E-state index contributed by atoms with van der Waals surface area (Å²) in [5.74, 6) is 0.636. The van der Waals surface area contributed by atoms with Gasteiger partial charge < -0.3 is 25.0 Å². The van der Waals surface area contributed by atoms with Crippen LogP contribution < -0.4 is 10.6 Å². The first-order valence-electron chi connectivity index (χ1n) is 9.61. The molecule has 7 nitrogen and oxygen atoms in total. The molecule has 1 aromatic rings. The van der Waals surface area contributed by atoms with E-state index in [9.17, 15) is 4.79 Å². The Hall–Kier alpha value is -2.12. The predicted octanol–water partition coefficient (Wildman–Crippen LogP) is 1.40. The van der Waals surface area contributed by atoms with Crippen LogP contribution in [0.3, 0.4) is 0 Å². The number of nitrogens with one attached hydrogen (secondary N) is 2. The predicted molar refractivity (Wildman–Crippen MR) is 107 cm³/mol. The largest absolute Gasteiger partial charge is 0.379 e. The van der Waals surface area contributed by atoms with E-state index in [1.165, 1.54) is 0 Å². The zero-order valence-electron chi connectivity index (χ0n) is 16.4. The molecule has 0 bridgehead atoms. The minimum atomic E-state index is 0.00380. The summed E-state index contributed by atoms with van der Waals surface area (Å²) >= 11 is 0. The lowest BCUT2D eigenvalue weighted by Gasteiger charge is -2.15. The summed E-state index contributed by atoms with van der Waals surface area (Å²) in [5, 5.41) is 6.36. The van der Waals surface area contributed by atoms with Crippen LogP contribution in [0.25, 0.3) is 0 Å². The molecule has 0 saturated carbocycles. The van der Waals surface area contributed by atoms with E-state index < -0.39 is 0 Å². The average Bonchev–Trinajstić information content (AvgIpc) is 3.20. The van der Waals surface area contributed by atoms with Crippen molar-refractivity contribution in [2.24, 2.45) is 4.99 Å². The fourth-order valence-electron chi connectivity index (χ4n) is 2.62. The van der Waals surface area contributed by atoms with Crippen molar-refractivity contribution < 1.29 is 14.3 Å². The van der Waals surface area contributed by atoms with Crippen LogP contribution in [0.4, 0.5) is 0 Å². The van der Waals surface area contributed by atoms with Gasteiger partial charge in [0.2, 0.25) is 5.91 Å². The molecular formula is C20H32N4O3. The number of likely N-dealkylation sites (N-methyl/N-ethyl adjacent to an activating group) is 1. The standard InChI is InChI=1S/C20H32N4O3/c1-24(2)19(25)15-23-20(22-14-17-8-4-3-5-9-17)21-11-7-12-26-16-18-10-6-13-27-18/h3-5,8-9,18H,6-7,10-16H2,1-2H3,(H2,21,22,23). The summed E-state index contributed by atoms with van der Waals surface area (Å²) in [6.07, 6.45) is 3.35. The Morgan fingerprint density at radius 1 is 1.30 bits per heavy atom. The summed E-state index contributed by atoms with van der Waals surface area (Å²) in [5.41, 5.74) is 1.12. The van der Waals surface area contributed by atoms with E-state index in [2.05, 4.69) is 15.6 Å². The Kier molecular flexibility index (Phi) is 9.65. The minimum Gasteiger partial charge on any atom is -0.379 e. The van der Waals surface area contributed by atoms with Crippen molar-refractivity contribution in [2.75, 3.05) is 47.0 Å². The van der Waals surface area contributed by atoms with Gasteiger partial charge in [0.1, 0.15) is 0 Å². The van der Waals surface area contributed by atoms with Crippen molar-refractivity contribution in [1.82, 2.24) is 15.5 Å². The number of carbonyl (C=O) groups excluding carboxylic acids is 1. The lowest BCUT2D eigenvalue weighted by atomic mass is 10.2. The molecule has 1 fully saturated rings. The Morgan fingerprint density at radius 3 is 2.81 bits per heavy atom. The molecule has 0 spiro atoms. The highest BCUT2D eigenvalue weighted by molar-refractivity contribution is 5.86. The van der Waals surface area contributed by atoms with E-state index in [1.54, 1.807) is 19.0 Å². The number of hydrogen-bond acceptors (Lipinski definition) is 4. The maximum absolute atomic E-state index is 11.8. The van der Waals surface area contributed by atoms with Crippen molar-refractivity contribution in [3.05, 3.63) is 35.9 Å². The van der Waals surface area contributed by atoms with E-state index >= 15 is 0 Å². The average molecular weight is 377 g/mol. The van der Waals surface area contributed by atoms with Gasteiger partial charge in [-0.15, -0.1) is 0 Å². The number of benzene rings is 1. The molecule has 0 aliphatic carbocycles. The second-order valence-electron chi connectivity index (χ2n) is 6.78. The third-order valence-corrected chi connectivity index (χ3v) is 4.25. The van der Waals surface area contributed by atoms with Crippen LogP contribution in [0.1, 0.15) is 24.8 Å². The molecule has 1 aliphatic rings. The summed E-state index contributed by atoms with van der Waals surface area (Å²) in [4.78, 5) is 17.9. The molecule has 2 rings (SSSR count). The van der Waals surface area contributed by atoms with Crippen LogP contribution in [-0.2, 0) is 20.8 Å². The van der Waals surface area contributed by atoms with Gasteiger partial charge in [-0.1, -0.05) is 30.3 Å². The molecular weight excluding hydrogens is 344 g/mol. The maximum Gasteiger partial charge on any atom is 0.241 e. The molecule has 1 aromatic carbocycles. The highest BCUT2D eigenvalue weighted by Crippen LogP contribution is 2.11. The van der Waals surface area contributed by atoms with E-state index in [0.29, 0.717) is 25.7 Å². The molecule has 150 valence electrons. The van der Waals surface area contributed by atoms with Crippen LogP contribution in [0.15, 0.2) is 35.3 Å². The Morgan fingerprint density at radius 2 is 2.11 bits per heavy atom. The van der Waals surface area contributed by atoms with Gasteiger partial charge in [0.25, 0.3) is 0 Å². The zero-order chi connectivity index (χ0) is 19.3. The molecule has 27 heavy (non-hydrogen) atoms. The molecule has 1 amide bonds. The van der Waals surface area contributed by atoms with Crippen molar-refractivity contribution >= 4 is 11.9 Å². The lowest BCUT2D eigenvalue weighted by Crippen LogP contribution is -2.43. The van der Waals surface area contributed by atoms with Crippen LogP contribution in [-0.4, -0.2) is 69.9 Å². The van der Waals surface area contributed by atoms with Crippen molar-refractivity contribution in [2.45, 2.75) is 31.9 Å². The van der Waals surface area contributed by atoms with Crippen molar-refractivity contribution in [1.29, 1.82) is 0 Å². The maximum atomic E-state index is 11.8. The van der Waals surface area contributed by atoms with Crippen molar-refractivity contribution in [3.63, 3.8) is 0 Å². The molecule has 7 heteroatoms. The molecule has 1 aliphatic heterocycles.